The molecule has 0 saturated carbocycles. The Labute approximate surface area is 151 Å². The topological polar surface area (TPSA) is 84.2 Å². The van der Waals surface area contributed by atoms with Gasteiger partial charge in [-0.1, -0.05) is 30.3 Å². The number of furan rings is 1. The van der Waals surface area contributed by atoms with Gasteiger partial charge in [0, 0.05) is 18.8 Å². The number of pyridine rings is 1. The number of carbonyl (C=O) groups is 2. The van der Waals surface area contributed by atoms with Crippen molar-refractivity contribution < 1.29 is 14.0 Å². The van der Waals surface area contributed by atoms with Gasteiger partial charge in [-0.25, -0.2) is 0 Å². The predicted octanol–water partition coefficient (Wildman–Crippen LogP) is 2.33. The van der Waals surface area contributed by atoms with Gasteiger partial charge < -0.3 is 15.1 Å². The number of nitrogens with one attached hydrogen (secondary N) is 2. The standard InChI is InChI=1S/C20H19N3O3/c24-19(16-8-4-10-21-13-16)23-18(12-15-6-2-1-3-7-15)20(25)22-14-17-9-5-11-26-17/h1-11,13,18H,12,14H2,(H,22,25)(H,23,24)/t18-/m0/s1. The minimum atomic E-state index is -0.708. The molecular formula is C20H19N3O3. The Hall–Kier alpha value is -3.41. The SMILES string of the molecule is O=C(N[C@@H](Cc1ccccc1)C(=O)NCc1ccco1)c1cccnc1. The average molecular weight is 349 g/mol. The van der Waals surface area contributed by atoms with E-state index < -0.39 is 6.04 Å². The van der Waals surface area contributed by atoms with Gasteiger partial charge in [0.15, 0.2) is 0 Å². The zero-order valence-electron chi connectivity index (χ0n) is 14.1. The van der Waals surface area contributed by atoms with E-state index in [9.17, 15) is 9.59 Å². The average Bonchev–Trinajstić information content (AvgIpc) is 3.20. The van der Waals surface area contributed by atoms with E-state index in [1.54, 1.807) is 36.7 Å². The number of hydrogen-bond donors (Lipinski definition) is 2. The summed E-state index contributed by atoms with van der Waals surface area (Å²) in [4.78, 5) is 29.0. The number of amides is 2. The van der Waals surface area contributed by atoms with Gasteiger partial charge in [-0.2, -0.15) is 0 Å². The molecule has 132 valence electrons. The number of carbonyl (C=O) groups excluding carboxylic acids is 2. The van der Waals surface area contributed by atoms with Crippen LogP contribution in [0.3, 0.4) is 0 Å². The van der Waals surface area contributed by atoms with Crippen molar-refractivity contribution in [1.82, 2.24) is 15.6 Å². The van der Waals surface area contributed by atoms with Crippen molar-refractivity contribution in [1.29, 1.82) is 0 Å². The van der Waals surface area contributed by atoms with Crippen LogP contribution in [0.25, 0.3) is 0 Å². The lowest BCUT2D eigenvalue weighted by Gasteiger charge is -2.18. The molecule has 3 aromatic rings. The third-order valence-electron chi connectivity index (χ3n) is 3.85. The van der Waals surface area contributed by atoms with Crippen LogP contribution in [0.5, 0.6) is 0 Å². The number of nitrogens with zero attached hydrogens (tertiary/aromatic N) is 1. The fourth-order valence-electron chi connectivity index (χ4n) is 2.51. The molecule has 6 nitrogen and oxygen atoms in total. The minimum Gasteiger partial charge on any atom is -0.467 e. The summed E-state index contributed by atoms with van der Waals surface area (Å²) in [6.45, 7) is 0.264. The molecule has 6 heteroatoms. The highest BCUT2D eigenvalue weighted by atomic mass is 16.3. The zero-order chi connectivity index (χ0) is 18.2. The van der Waals surface area contributed by atoms with Gasteiger partial charge in [-0.05, 0) is 29.8 Å². The summed E-state index contributed by atoms with van der Waals surface area (Å²) in [5, 5.41) is 5.59. The van der Waals surface area contributed by atoms with Gasteiger partial charge in [0.2, 0.25) is 5.91 Å². The Balaban J connectivity index is 1.70. The Morgan fingerprint density at radius 2 is 1.88 bits per heavy atom. The van der Waals surface area contributed by atoms with Gasteiger partial charge >= 0.3 is 0 Å². The summed E-state index contributed by atoms with van der Waals surface area (Å²) in [5.74, 6) is 0.0325. The van der Waals surface area contributed by atoms with E-state index in [1.165, 1.54) is 6.20 Å². The second-order valence-corrected chi connectivity index (χ2v) is 5.75. The molecule has 0 radical (unpaired) electrons. The van der Waals surface area contributed by atoms with Crippen molar-refractivity contribution in [2.45, 2.75) is 19.0 Å². The summed E-state index contributed by atoms with van der Waals surface area (Å²) in [6, 6.07) is 15.7. The first-order valence-corrected chi connectivity index (χ1v) is 8.27. The molecule has 3 rings (SSSR count). The number of rotatable bonds is 7. The Kier molecular flexibility index (Phi) is 5.77. The fourth-order valence-corrected chi connectivity index (χ4v) is 2.51. The van der Waals surface area contributed by atoms with Crippen LogP contribution in [0.15, 0.2) is 77.7 Å². The van der Waals surface area contributed by atoms with Crippen molar-refractivity contribution in [3.8, 4) is 0 Å². The largest absolute Gasteiger partial charge is 0.467 e. The molecule has 0 spiro atoms. The van der Waals surface area contributed by atoms with Gasteiger partial charge in [-0.15, -0.1) is 0 Å². The van der Waals surface area contributed by atoms with E-state index in [4.69, 9.17) is 4.42 Å². The quantitative estimate of drug-likeness (QED) is 0.686. The highest BCUT2D eigenvalue weighted by Crippen LogP contribution is 2.06. The van der Waals surface area contributed by atoms with Crippen molar-refractivity contribution in [3.05, 3.63) is 90.1 Å². The van der Waals surface area contributed by atoms with E-state index in [1.807, 2.05) is 30.3 Å². The lowest BCUT2D eigenvalue weighted by atomic mass is 10.0. The molecular weight excluding hydrogens is 330 g/mol. The molecule has 0 aliphatic carbocycles. The first-order valence-electron chi connectivity index (χ1n) is 8.27. The molecule has 1 aromatic carbocycles. The smallest absolute Gasteiger partial charge is 0.253 e. The van der Waals surface area contributed by atoms with Gasteiger partial charge in [-0.3, -0.25) is 14.6 Å². The normalized spacial score (nSPS) is 11.5. The van der Waals surface area contributed by atoms with E-state index in [-0.39, 0.29) is 18.4 Å². The van der Waals surface area contributed by atoms with Crippen molar-refractivity contribution in [2.75, 3.05) is 0 Å². The molecule has 0 fully saturated rings. The number of aromatic nitrogens is 1. The first kappa shape index (κ1) is 17.4. The number of benzene rings is 1. The second kappa shape index (κ2) is 8.62. The summed E-state index contributed by atoms with van der Waals surface area (Å²) in [7, 11) is 0. The monoisotopic (exact) mass is 349 g/mol. The summed E-state index contributed by atoms with van der Waals surface area (Å²) >= 11 is 0. The van der Waals surface area contributed by atoms with Gasteiger partial charge in [0.25, 0.3) is 5.91 Å². The minimum absolute atomic E-state index is 0.264. The van der Waals surface area contributed by atoms with Crippen molar-refractivity contribution in [3.63, 3.8) is 0 Å². The highest BCUT2D eigenvalue weighted by Gasteiger charge is 2.22. The Bertz CT molecular complexity index is 833. The molecule has 26 heavy (non-hydrogen) atoms. The fraction of sp³-hybridized carbons (Fsp3) is 0.150. The van der Waals surface area contributed by atoms with Crippen LogP contribution in [0, 0.1) is 0 Å². The first-order chi connectivity index (χ1) is 12.7. The van der Waals surface area contributed by atoms with Crippen LogP contribution >= 0.6 is 0 Å². The van der Waals surface area contributed by atoms with Crippen LogP contribution in [0.1, 0.15) is 21.7 Å². The highest BCUT2D eigenvalue weighted by molar-refractivity contribution is 5.97. The predicted molar refractivity (Wildman–Crippen MR) is 96.2 cm³/mol. The van der Waals surface area contributed by atoms with Crippen LogP contribution in [0.4, 0.5) is 0 Å². The molecule has 2 heterocycles. The van der Waals surface area contributed by atoms with Crippen molar-refractivity contribution >= 4 is 11.8 Å². The van der Waals surface area contributed by atoms with Gasteiger partial charge in [0.05, 0.1) is 18.4 Å². The van der Waals surface area contributed by atoms with Gasteiger partial charge in [0.1, 0.15) is 11.8 Å². The van der Waals surface area contributed by atoms with Crippen molar-refractivity contribution in [2.24, 2.45) is 0 Å². The molecule has 0 bridgehead atoms. The van der Waals surface area contributed by atoms with Crippen LogP contribution < -0.4 is 10.6 Å². The maximum absolute atomic E-state index is 12.6. The third-order valence-corrected chi connectivity index (χ3v) is 3.85. The lowest BCUT2D eigenvalue weighted by molar-refractivity contribution is -0.123. The van der Waals surface area contributed by atoms with E-state index in [0.29, 0.717) is 17.7 Å². The molecule has 2 N–H and O–H groups in total. The molecule has 2 amide bonds. The summed E-state index contributed by atoms with van der Waals surface area (Å²) in [5.41, 5.74) is 1.36. The third kappa shape index (κ3) is 4.80. The Morgan fingerprint density at radius 1 is 1.04 bits per heavy atom. The maximum Gasteiger partial charge on any atom is 0.253 e. The van der Waals surface area contributed by atoms with E-state index in [2.05, 4.69) is 15.6 Å². The zero-order valence-corrected chi connectivity index (χ0v) is 14.1. The van der Waals surface area contributed by atoms with Crippen LogP contribution in [0.2, 0.25) is 0 Å². The second-order valence-electron chi connectivity index (χ2n) is 5.75. The van der Waals surface area contributed by atoms with E-state index >= 15 is 0 Å². The molecule has 2 aromatic heterocycles. The molecule has 0 saturated heterocycles. The van der Waals surface area contributed by atoms with E-state index in [0.717, 1.165) is 5.56 Å². The molecule has 0 aliphatic rings. The molecule has 0 aliphatic heterocycles. The number of hydrogen-bond acceptors (Lipinski definition) is 4. The molecule has 1 atom stereocenters. The summed E-state index contributed by atoms with van der Waals surface area (Å²) < 4.78 is 5.22. The summed E-state index contributed by atoms with van der Waals surface area (Å²) in [6.07, 6.45) is 4.99. The molecule has 0 unspecified atom stereocenters. The van der Waals surface area contributed by atoms with Crippen LogP contribution in [-0.2, 0) is 17.8 Å². The van der Waals surface area contributed by atoms with Crippen LogP contribution in [-0.4, -0.2) is 22.8 Å². The maximum atomic E-state index is 12.6. The lowest BCUT2D eigenvalue weighted by Crippen LogP contribution is -2.47. The Morgan fingerprint density at radius 3 is 2.58 bits per heavy atom.